The highest BCUT2D eigenvalue weighted by Crippen LogP contribution is 2.21. The zero-order chi connectivity index (χ0) is 13.1. The molecule has 0 radical (unpaired) electrons. The molecule has 0 aliphatic rings. The number of halogens is 3. The number of hydrogen-bond donors (Lipinski definition) is 1. The first-order valence-corrected chi connectivity index (χ1v) is 5.56. The average molecular weight is 270 g/mol. The summed E-state index contributed by atoms with van der Waals surface area (Å²) in [4.78, 5) is 0. The van der Waals surface area contributed by atoms with Crippen molar-refractivity contribution < 1.29 is 13.5 Å². The molecule has 0 spiro atoms. The van der Waals surface area contributed by atoms with Crippen LogP contribution in [0.3, 0.4) is 0 Å². The lowest BCUT2D eigenvalue weighted by Crippen LogP contribution is -1.99. The van der Waals surface area contributed by atoms with Crippen molar-refractivity contribution in [1.82, 2.24) is 0 Å². The summed E-state index contributed by atoms with van der Waals surface area (Å²) in [6.07, 6.45) is 0. The molecule has 0 saturated heterocycles. The van der Waals surface area contributed by atoms with Crippen LogP contribution >= 0.6 is 11.6 Å². The third kappa shape index (κ3) is 2.90. The summed E-state index contributed by atoms with van der Waals surface area (Å²) in [6, 6.07) is 8.22. The SMILES string of the molecule is Nc1ccc(OCc2cc(Cl)ccc2F)cc1F. The number of ether oxygens (including phenoxy) is 1. The van der Waals surface area contributed by atoms with Crippen LogP contribution in [0.2, 0.25) is 5.02 Å². The summed E-state index contributed by atoms with van der Waals surface area (Å²) in [7, 11) is 0. The molecule has 0 fully saturated rings. The summed E-state index contributed by atoms with van der Waals surface area (Å²) in [5.41, 5.74) is 5.68. The van der Waals surface area contributed by atoms with Crippen LogP contribution < -0.4 is 10.5 Å². The topological polar surface area (TPSA) is 35.2 Å². The molecule has 0 aliphatic carbocycles. The molecular formula is C13H10ClF2NO. The second kappa shape index (κ2) is 5.23. The van der Waals surface area contributed by atoms with E-state index >= 15 is 0 Å². The van der Waals surface area contributed by atoms with Gasteiger partial charge in [0.15, 0.2) is 0 Å². The number of hydrogen-bond acceptors (Lipinski definition) is 2. The van der Waals surface area contributed by atoms with Gasteiger partial charge in [0, 0.05) is 16.7 Å². The normalized spacial score (nSPS) is 10.4. The zero-order valence-electron chi connectivity index (χ0n) is 9.29. The lowest BCUT2D eigenvalue weighted by atomic mass is 10.2. The molecule has 2 nitrogen and oxygen atoms in total. The number of nitrogen functional groups attached to an aromatic ring is 1. The monoisotopic (exact) mass is 269 g/mol. The van der Waals surface area contributed by atoms with Gasteiger partial charge in [-0.15, -0.1) is 0 Å². The summed E-state index contributed by atoms with van der Waals surface area (Å²) in [6.45, 7) is -0.0320. The molecule has 2 rings (SSSR count). The van der Waals surface area contributed by atoms with Crippen LogP contribution in [0.4, 0.5) is 14.5 Å². The minimum Gasteiger partial charge on any atom is -0.489 e. The van der Waals surface area contributed by atoms with Gasteiger partial charge in [-0.2, -0.15) is 0 Å². The third-order valence-electron chi connectivity index (χ3n) is 2.37. The predicted molar refractivity (Wildman–Crippen MR) is 66.6 cm³/mol. The van der Waals surface area contributed by atoms with Crippen molar-refractivity contribution in [3.05, 3.63) is 58.6 Å². The van der Waals surface area contributed by atoms with E-state index in [9.17, 15) is 8.78 Å². The molecule has 2 aromatic rings. The quantitative estimate of drug-likeness (QED) is 0.861. The van der Waals surface area contributed by atoms with Crippen LogP contribution in [-0.2, 0) is 6.61 Å². The van der Waals surface area contributed by atoms with E-state index in [-0.39, 0.29) is 18.0 Å². The van der Waals surface area contributed by atoms with Crippen molar-refractivity contribution >= 4 is 17.3 Å². The van der Waals surface area contributed by atoms with E-state index in [1.165, 1.54) is 30.3 Å². The molecule has 2 N–H and O–H groups in total. The highest BCUT2D eigenvalue weighted by Gasteiger charge is 2.05. The Balaban J connectivity index is 2.11. The maximum atomic E-state index is 13.4. The molecule has 0 saturated carbocycles. The van der Waals surface area contributed by atoms with Crippen molar-refractivity contribution in [2.24, 2.45) is 0 Å². The van der Waals surface area contributed by atoms with Crippen LogP contribution in [-0.4, -0.2) is 0 Å². The van der Waals surface area contributed by atoms with Crippen molar-refractivity contribution in [3.63, 3.8) is 0 Å². The maximum absolute atomic E-state index is 13.4. The first-order valence-electron chi connectivity index (χ1n) is 5.18. The van der Waals surface area contributed by atoms with Gasteiger partial charge in [0.05, 0.1) is 5.69 Å². The zero-order valence-corrected chi connectivity index (χ0v) is 10.0. The van der Waals surface area contributed by atoms with Crippen molar-refractivity contribution in [1.29, 1.82) is 0 Å². The van der Waals surface area contributed by atoms with E-state index in [4.69, 9.17) is 22.1 Å². The Kier molecular flexibility index (Phi) is 3.67. The Morgan fingerprint density at radius 1 is 1.06 bits per heavy atom. The molecule has 0 aromatic heterocycles. The lowest BCUT2D eigenvalue weighted by Gasteiger charge is -2.08. The van der Waals surface area contributed by atoms with Crippen molar-refractivity contribution in [3.8, 4) is 5.75 Å². The van der Waals surface area contributed by atoms with Crippen LogP contribution in [0.1, 0.15) is 5.56 Å². The van der Waals surface area contributed by atoms with E-state index in [2.05, 4.69) is 0 Å². The molecule has 94 valence electrons. The fourth-order valence-electron chi connectivity index (χ4n) is 1.41. The number of benzene rings is 2. The Morgan fingerprint density at radius 3 is 2.56 bits per heavy atom. The summed E-state index contributed by atoms with van der Waals surface area (Å²) < 4.78 is 31.8. The molecule has 0 bridgehead atoms. The van der Waals surface area contributed by atoms with Crippen LogP contribution in [0, 0.1) is 11.6 Å². The van der Waals surface area contributed by atoms with E-state index in [0.29, 0.717) is 10.6 Å². The van der Waals surface area contributed by atoms with E-state index in [1.54, 1.807) is 0 Å². The second-order valence-corrected chi connectivity index (χ2v) is 4.14. The first kappa shape index (κ1) is 12.6. The Morgan fingerprint density at radius 2 is 1.83 bits per heavy atom. The lowest BCUT2D eigenvalue weighted by molar-refractivity contribution is 0.298. The third-order valence-corrected chi connectivity index (χ3v) is 2.61. The van der Waals surface area contributed by atoms with Crippen molar-refractivity contribution in [2.75, 3.05) is 5.73 Å². The fourth-order valence-corrected chi connectivity index (χ4v) is 1.61. The van der Waals surface area contributed by atoms with Gasteiger partial charge in [-0.3, -0.25) is 0 Å². The van der Waals surface area contributed by atoms with Crippen LogP contribution in [0.5, 0.6) is 5.75 Å². The number of anilines is 1. The molecule has 0 unspecified atom stereocenters. The van der Waals surface area contributed by atoms with Gasteiger partial charge in [0.2, 0.25) is 0 Å². The molecular weight excluding hydrogens is 260 g/mol. The molecule has 5 heteroatoms. The standard InChI is InChI=1S/C13H10ClF2NO/c14-9-1-3-11(15)8(5-9)7-18-10-2-4-13(17)12(16)6-10/h1-6H,7,17H2. The Bertz CT molecular complexity index is 575. The highest BCUT2D eigenvalue weighted by atomic mass is 35.5. The summed E-state index contributed by atoms with van der Waals surface area (Å²) in [5.74, 6) is -0.713. The van der Waals surface area contributed by atoms with E-state index in [1.807, 2.05) is 0 Å². The Labute approximate surface area is 108 Å². The minimum absolute atomic E-state index is 0.0320. The number of nitrogens with two attached hydrogens (primary N) is 1. The summed E-state index contributed by atoms with van der Waals surface area (Å²) in [5, 5.41) is 0.415. The van der Waals surface area contributed by atoms with E-state index in [0.717, 1.165) is 6.07 Å². The van der Waals surface area contributed by atoms with Gasteiger partial charge in [0.25, 0.3) is 0 Å². The second-order valence-electron chi connectivity index (χ2n) is 3.71. The molecule has 0 atom stereocenters. The van der Waals surface area contributed by atoms with Gasteiger partial charge in [-0.05, 0) is 30.3 Å². The fraction of sp³-hybridized carbons (Fsp3) is 0.0769. The minimum atomic E-state index is -0.570. The van der Waals surface area contributed by atoms with Crippen LogP contribution in [0.15, 0.2) is 36.4 Å². The largest absolute Gasteiger partial charge is 0.489 e. The highest BCUT2D eigenvalue weighted by molar-refractivity contribution is 6.30. The molecule has 0 amide bonds. The number of rotatable bonds is 3. The Hall–Kier alpha value is -1.81. The van der Waals surface area contributed by atoms with Gasteiger partial charge in [-0.1, -0.05) is 11.6 Å². The van der Waals surface area contributed by atoms with Gasteiger partial charge in [-0.25, -0.2) is 8.78 Å². The summed E-state index contributed by atoms with van der Waals surface area (Å²) >= 11 is 5.75. The molecule has 0 aliphatic heterocycles. The van der Waals surface area contributed by atoms with Gasteiger partial charge < -0.3 is 10.5 Å². The molecule has 0 heterocycles. The van der Waals surface area contributed by atoms with Gasteiger partial charge >= 0.3 is 0 Å². The van der Waals surface area contributed by atoms with E-state index < -0.39 is 11.6 Å². The average Bonchev–Trinajstić information content (AvgIpc) is 2.34. The molecule has 2 aromatic carbocycles. The van der Waals surface area contributed by atoms with Crippen molar-refractivity contribution in [2.45, 2.75) is 6.61 Å². The maximum Gasteiger partial charge on any atom is 0.149 e. The van der Waals surface area contributed by atoms with Crippen LogP contribution in [0.25, 0.3) is 0 Å². The first-order chi connectivity index (χ1) is 8.56. The van der Waals surface area contributed by atoms with Gasteiger partial charge in [0.1, 0.15) is 24.0 Å². The molecule has 18 heavy (non-hydrogen) atoms. The predicted octanol–water partition coefficient (Wildman–Crippen LogP) is 3.78. The smallest absolute Gasteiger partial charge is 0.149 e.